The molecule has 1 fully saturated rings. The van der Waals surface area contributed by atoms with Crippen LogP contribution in [0.2, 0.25) is 5.02 Å². The normalized spacial score (nSPS) is 16.6. The van der Waals surface area contributed by atoms with Gasteiger partial charge in [-0.3, -0.25) is 0 Å². The molecular formula is C24H29ClN4O2. The zero-order valence-corrected chi connectivity index (χ0v) is 19.0. The number of likely N-dealkylation sites (tertiary alicyclic amines) is 1. The number of fused-ring (bicyclic) bond motifs is 1. The number of amides is 1. The predicted octanol–water partition coefficient (Wildman–Crippen LogP) is 5.55. The van der Waals surface area contributed by atoms with Gasteiger partial charge in [-0.2, -0.15) is 0 Å². The molecule has 6 nitrogen and oxygen atoms in total. The molecule has 0 unspecified atom stereocenters. The molecule has 3 aromatic rings. The van der Waals surface area contributed by atoms with Gasteiger partial charge in [-0.25, -0.2) is 9.78 Å². The fourth-order valence-electron chi connectivity index (χ4n) is 4.01. The number of carbonyl (C=O) groups excluding carboxylic acids is 1. The molecule has 1 atom stereocenters. The molecule has 1 N–H and O–H groups in total. The van der Waals surface area contributed by atoms with Crippen LogP contribution in [0.3, 0.4) is 0 Å². The summed E-state index contributed by atoms with van der Waals surface area (Å²) in [5.74, 6) is 0.789. The summed E-state index contributed by atoms with van der Waals surface area (Å²) in [6.07, 6.45) is 1.68. The van der Waals surface area contributed by atoms with E-state index in [2.05, 4.69) is 22.0 Å². The summed E-state index contributed by atoms with van der Waals surface area (Å²) in [6, 6.07) is 16.0. The van der Waals surface area contributed by atoms with E-state index in [1.54, 1.807) is 0 Å². The van der Waals surface area contributed by atoms with E-state index in [1.165, 1.54) is 0 Å². The first-order valence-corrected chi connectivity index (χ1v) is 11.1. The largest absolute Gasteiger partial charge is 0.444 e. The molecule has 0 spiro atoms. The molecule has 0 radical (unpaired) electrons. The molecule has 4 rings (SSSR count). The zero-order chi connectivity index (χ0) is 22.0. The summed E-state index contributed by atoms with van der Waals surface area (Å²) in [6.45, 7) is 7.69. The van der Waals surface area contributed by atoms with Gasteiger partial charge >= 0.3 is 6.09 Å². The van der Waals surface area contributed by atoms with Crippen LogP contribution in [0.25, 0.3) is 11.0 Å². The van der Waals surface area contributed by atoms with E-state index in [1.807, 2.05) is 62.1 Å². The van der Waals surface area contributed by atoms with Crippen LogP contribution in [0.15, 0.2) is 48.5 Å². The summed E-state index contributed by atoms with van der Waals surface area (Å²) in [7, 11) is 0. The molecule has 0 saturated carbocycles. The van der Waals surface area contributed by atoms with Crippen molar-refractivity contribution in [3.8, 4) is 0 Å². The van der Waals surface area contributed by atoms with Crippen LogP contribution in [0.1, 0.15) is 39.2 Å². The lowest BCUT2D eigenvalue weighted by atomic mass is 10.2. The van der Waals surface area contributed by atoms with E-state index in [0.717, 1.165) is 47.0 Å². The highest BCUT2D eigenvalue weighted by atomic mass is 35.5. The first-order valence-electron chi connectivity index (χ1n) is 10.7. The first kappa shape index (κ1) is 21.5. The van der Waals surface area contributed by atoms with Gasteiger partial charge in [-0.15, -0.1) is 0 Å². The molecule has 1 aliphatic heterocycles. The van der Waals surface area contributed by atoms with Crippen LogP contribution in [-0.4, -0.2) is 45.3 Å². The van der Waals surface area contributed by atoms with E-state index >= 15 is 0 Å². The second-order valence-corrected chi connectivity index (χ2v) is 9.43. The molecule has 2 heterocycles. The van der Waals surface area contributed by atoms with Crippen molar-refractivity contribution in [3.63, 3.8) is 0 Å². The summed E-state index contributed by atoms with van der Waals surface area (Å²) < 4.78 is 7.75. The monoisotopic (exact) mass is 440 g/mol. The van der Waals surface area contributed by atoms with Crippen molar-refractivity contribution in [1.82, 2.24) is 14.5 Å². The quantitative estimate of drug-likeness (QED) is 0.565. The third-order valence-electron chi connectivity index (χ3n) is 5.39. The fraction of sp³-hybridized carbons (Fsp3) is 0.417. The van der Waals surface area contributed by atoms with E-state index in [0.29, 0.717) is 13.1 Å². The third-order valence-corrected chi connectivity index (χ3v) is 5.62. The van der Waals surface area contributed by atoms with Crippen molar-refractivity contribution < 1.29 is 9.53 Å². The Balaban J connectivity index is 1.53. The van der Waals surface area contributed by atoms with Gasteiger partial charge in [0.1, 0.15) is 5.60 Å². The number of benzene rings is 2. The molecule has 1 amide bonds. The van der Waals surface area contributed by atoms with E-state index in [-0.39, 0.29) is 12.1 Å². The van der Waals surface area contributed by atoms with Crippen molar-refractivity contribution in [2.45, 2.75) is 51.8 Å². The number of halogens is 1. The Hall–Kier alpha value is -2.73. The first-order chi connectivity index (χ1) is 14.8. The molecule has 1 aliphatic rings. The molecule has 31 heavy (non-hydrogen) atoms. The third kappa shape index (κ3) is 5.13. The Morgan fingerprint density at radius 3 is 2.81 bits per heavy atom. The number of anilines is 1. The fourth-order valence-corrected chi connectivity index (χ4v) is 4.22. The Bertz CT molecular complexity index is 1070. The Morgan fingerprint density at radius 1 is 1.23 bits per heavy atom. The number of nitrogens with one attached hydrogen (secondary N) is 1. The Kier molecular flexibility index (Phi) is 6.10. The second-order valence-electron chi connectivity index (χ2n) is 8.99. The number of para-hydroxylation sites is 2. The van der Waals surface area contributed by atoms with Crippen LogP contribution in [0.4, 0.5) is 10.7 Å². The van der Waals surface area contributed by atoms with Crippen molar-refractivity contribution in [3.05, 3.63) is 59.1 Å². The number of hydrogen-bond donors (Lipinski definition) is 1. The second kappa shape index (κ2) is 8.79. The summed E-state index contributed by atoms with van der Waals surface area (Å²) in [5.41, 5.74) is 2.60. The molecule has 1 aromatic heterocycles. The highest BCUT2D eigenvalue weighted by molar-refractivity contribution is 6.30. The van der Waals surface area contributed by atoms with Gasteiger partial charge in [0.25, 0.3) is 0 Å². The van der Waals surface area contributed by atoms with Crippen molar-refractivity contribution in [2.75, 3.05) is 18.4 Å². The van der Waals surface area contributed by atoms with Gasteiger partial charge in [0.2, 0.25) is 5.95 Å². The van der Waals surface area contributed by atoms with Crippen LogP contribution < -0.4 is 5.32 Å². The maximum atomic E-state index is 12.6. The molecule has 0 aliphatic carbocycles. The minimum absolute atomic E-state index is 0.0780. The van der Waals surface area contributed by atoms with Gasteiger partial charge in [0.15, 0.2) is 0 Å². The summed E-state index contributed by atoms with van der Waals surface area (Å²) in [5, 5.41) is 4.21. The molecule has 2 aromatic carbocycles. The Labute approximate surface area is 188 Å². The molecule has 0 bridgehead atoms. The number of imidazole rings is 1. The standard InChI is InChI=1S/C24H29ClN4O2/c1-24(2,3)31-23(30)28-13-7-10-19(28)15-26-22-27-20-11-4-5-12-21(20)29(22)16-17-8-6-9-18(25)14-17/h4-6,8-9,11-12,14,19H,7,10,13,15-16H2,1-3H3,(H,26,27)/t19-/m0/s1. The minimum Gasteiger partial charge on any atom is -0.444 e. The van der Waals surface area contributed by atoms with Gasteiger partial charge in [0, 0.05) is 18.1 Å². The van der Waals surface area contributed by atoms with E-state index in [4.69, 9.17) is 21.3 Å². The SMILES string of the molecule is CC(C)(C)OC(=O)N1CCC[C@H]1CNc1nc2ccccc2n1Cc1cccc(Cl)c1. The van der Waals surface area contributed by atoms with Gasteiger partial charge in [-0.05, 0) is 63.4 Å². The molecular weight excluding hydrogens is 412 g/mol. The average molecular weight is 441 g/mol. The zero-order valence-electron chi connectivity index (χ0n) is 18.3. The lowest BCUT2D eigenvalue weighted by Gasteiger charge is -2.28. The highest BCUT2D eigenvalue weighted by Crippen LogP contribution is 2.25. The van der Waals surface area contributed by atoms with Crippen molar-refractivity contribution in [1.29, 1.82) is 0 Å². The number of ether oxygens (including phenoxy) is 1. The van der Waals surface area contributed by atoms with Gasteiger partial charge < -0.3 is 19.5 Å². The maximum Gasteiger partial charge on any atom is 0.410 e. The number of carbonyl (C=O) groups is 1. The molecule has 164 valence electrons. The van der Waals surface area contributed by atoms with Crippen LogP contribution in [0.5, 0.6) is 0 Å². The Morgan fingerprint density at radius 2 is 2.03 bits per heavy atom. The summed E-state index contributed by atoms with van der Waals surface area (Å²) in [4.78, 5) is 19.2. The topological polar surface area (TPSA) is 59.4 Å². The van der Waals surface area contributed by atoms with E-state index < -0.39 is 5.60 Å². The maximum absolute atomic E-state index is 12.6. The van der Waals surface area contributed by atoms with Crippen LogP contribution >= 0.6 is 11.6 Å². The number of rotatable bonds is 5. The highest BCUT2D eigenvalue weighted by Gasteiger charge is 2.32. The van der Waals surface area contributed by atoms with Crippen LogP contribution in [-0.2, 0) is 11.3 Å². The minimum atomic E-state index is -0.497. The van der Waals surface area contributed by atoms with Gasteiger partial charge in [-0.1, -0.05) is 35.9 Å². The number of nitrogens with zero attached hydrogens (tertiary/aromatic N) is 3. The number of aromatic nitrogens is 2. The lowest BCUT2D eigenvalue weighted by Crippen LogP contribution is -2.42. The van der Waals surface area contributed by atoms with Crippen LogP contribution in [0, 0.1) is 0 Å². The van der Waals surface area contributed by atoms with Crippen molar-refractivity contribution in [2.24, 2.45) is 0 Å². The average Bonchev–Trinajstić information content (AvgIpc) is 3.30. The molecule has 7 heteroatoms. The smallest absolute Gasteiger partial charge is 0.410 e. The molecule has 1 saturated heterocycles. The lowest BCUT2D eigenvalue weighted by molar-refractivity contribution is 0.0235. The summed E-state index contributed by atoms with van der Waals surface area (Å²) >= 11 is 6.19. The van der Waals surface area contributed by atoms with Crippen molar-refractivity contribution >= 4 is 34.7 Å². The predicted molar refractivity (Wildman–Crippen MR) is 125 cm³/mol. The van der Waals surface area contributed by atoms with Gasteiger partial charge in [0.05, 0.1) is 23.6 Å². The van der Waals surface area contributed by atoms with E-state index in [9.17, 15) is 4.79 Å². The number of hydrogen-bond acceptors (Lipinski definition) is 4.